The Labute approximate surface area is 111 Å². The fourth-order valence-electron chi connectivity index (χ4n) is 2.42. The lowest BCUT2D eigenvalue weighted by Gasteiger charge is -2.30. The van der Waals surface area contributed by atoms with Crippen LogP contribution in [0, 0.1) is 0 Å². The number of aliphatic imine (C=N–C) groups is 1. The van der Waals surface area contributed by atoms with Crippen LogP contribution in [0.15, 0.2) is 53.5 Å². The molecule has 0 bridgehead atoms. The van der Waals surface area contributed by atoms with Crippen molar-refractivity contribution in [2.75, 3.05) is 6.54 Å². The highest BCUT2D eigenvalue weighted by atomic mass is 16.3. The van der Waals surface area contributed by atoms with E-state index in [9.17, 15) is 10.2 Å². The molecule has 0 amide bonds. The SMILES string of the molecule is Oc1ccc(C2(c3cccc(O)c3)CN=CN2)cc1. The van der Waals surface area contributed by atoms with Gasteiger partial charge in [-0.3, -0.25) is 4.99 Å². The quantitative estimate of drug-likeness (QED) is 0.767. The Morgan fingerprint density at radius 3 is 2.37 bits per heavy atom. The first-order valence-electron chi connectivity index (χ1n) is 6.06. The van der Waals surface area contributed by atoms with Crippen LogP contribution in [0.3, 0.4) is 0 Å². The molecule has 4 nitrogen and oxygen atoms in total. The molecule has 1 aliphatic heterocycles. The third-order valence-electron chi connectivity index (χ3n) is 3.43. The molecule has 2 aromatic rings. The first kappa shape index (κ1) is 11.6. The lowest BCUT2D eigenvalue weighted by Crippen LogP contribution is -2.41. The molecule has 2 aromatic carbocycles. The molecule has 4 heteroatoms. The Morgan fingerprint density at radius 1 is 0.947 bits per heavy atom. The van der Waals surface area contributed by atoms with E-state index in [2.05, 4.69) is 10.3 Å². The summed E-state index contributed by atoms with van der Waals surface area (Å²) in [6.45, 7) is 0.557. The zero-order chi connectivity index (χ0) is 13.3. The number of benzene rings is 2. The maximum Gasteiger partial charge on any atom is 0.115 e. The van der Waals surface area contributed by atoms with Gasteiger partial charge in [0.05, 0.1) is 12.9 Å². The molecule has 1 heterocycles. The second-order valence-electron chi connectivity index (χ2n) is 4.62. The van der Waals surface area contributed by atoms with Gasteiger partial charge in [-0.1, -0.05) is 24.3 Å². The minimum atomic E-state index is -0.480. The molecule has 0 aliphatic carbocycles. The van der Waals surface area contributed by atoms with Gasteiger partial charge in [0.1, 0.15) is 17.0 Å². The number of hydrogen-bond acceptors (Lipinski definition) is 4. The number of nitrogens with zero attached hydrogens (tertiary/aromatic N) is 1. The van der Waals surface area contributed by atoms with E-state index in [0.29, 0.717) is 6.54 Å². The van der Waals surface area contributed by atoms with E-state index in [1.807, 2.05) is 24.3 Å². The highest BCUT2D eigenvalue weighted by Gasteiger charge is 2.36. The van der Waals surface area contributed by atoms with Crippen molar-refractivity contribution in [2.45, 2.75) is 5.54 Å². The predicted octanol–water partition coefficient (Wildman–Crippen LogP) is 1.97. The van der Waals surface area contributed by atoms with Gasteiger partial charge < -0.3 is 15.5 Å². The molecule has 19 heavy (non-hydrogen) atoms. The zero-order valence-corrected chi connectivity index (χ0v) is 10.2. The highest BCUT2D eigenvalue weighted by Crippen LogP contribution is 2.34. The monoisotopic (exact) mass is 254 g/mol. The van der Waals surface area contributed by atoms with Crippen LogP contribution in [0.4, 0.5) is 0 Å². The maximum absolute atomic E-state index is 9.67. The molecular weight excluding hydrogens is 240 g/mol. The van der Waals surface area contributed by atoms with Gasteiger partial charge in [0.15, 0.2) is 0 Å². The van der Waals surface area contributed by atoms with Crippen molar-refractivity contribution < 1.29 is 10.2 Å². The number of hydrogen-bond donors (Lipinski definition) is 3. The van der Waals surface area contributed by atoms with Gasteiger partial charge in [0, 0.05) is 0 Å². The smallest absolute Gasteiger partial charge is 0.115 e. The van der Waals surface area contributed by atoms with Gasteiger partial charge in [-0.05, 0) is 35.4 Å². The van der Waals surface area contributed by atoms with Crippen LogP contribution in [0.5, 0.6) is 11.5 Å². The van der Waals surface area contributed by atoms with Crippen molar-refractivity contribution in [2.24, 2.45) is 4.99 Å². The van der Waals surface area contributed by atoms with Crippen molar-refractivity contribution in [1.82, 2.24) is 5.32 Å². The molecule has 0 fully saturated rings. The van der Waals surface area contributed by atoms with Crippen molar-refractivity contribution in [3.8, 4) is 11.5 Å². The third-order valence-corrected chi connectivity index (χ3v) is 3.43. The minimum Gasteiger partial charge on any atom is -0.508 e. The van der Waals surface area contributed by atoms with Crippen LogP contribution in [-0.2, 0) is 5.54 Å². The summed E-state index contributed by atoms with van der Waals surface area (Å²) in [7, 11) is 0. The molecule has 0 radical (unpaired) electrons. The lowest BCUT2D eigenvalue weighted by atomic mass is 9.83. The van der Waals surface area contributed by atoms with E-state index in [1.54, 1.807) is 30.6 Å². The van der Waals surface area contributed by atoms with E-state index in [-0.39, 0.29) is 11.5 Å². The number of nitrogens with one attached hydrogen (secondary N) is 1. The molecular formula is C15H14N2O2. The largest absolute Gasteiger partial charge is 0.508 e. The minimum absolute atomic E-state index is 0.226. The Morgan fingerprint density at radius 2 is 1.74 bits per heavy atom. The van der Waals surface area contributed by atoms with E-state index in [0.717, 1.165) is 11.1 Å². The van der Waals surface area contributed by atoms with Gasteiger partial charge in [-0.15, -0.1) is 0 Å². The van der Waals surface area contributed by atoms with E-state index in [1.165, 1.54) is 0 Å². The topological polar surface area (TPSA) is 64.8 Å². The first-order chi connectivity index (χ1) is 9.21. The van der Waals surface area contributed by atoms with Crippen LogP contribution in [0.1, 0.15) is 11.1 Å². The molecule has 1 atom stereocenters. The zero-order valence-electron chi connectivity index (χ0n) is 10.2. The molecule has 1 aliphatic rings. The van der Waals surface area contributed by atoms with Crippen molar-refractivity contribution in [3.05, 3.63) is 59.7 Å². The molecule has 0 saturated carbocycles. The summed E-state index contributed by atoms with van der Waals surface area (Å²) in [5.74, 6) is 0.457. The molecule has 0 spiro atoms. The van der Waals surface area contributed by atoms with Crippen LogP contribution in [-0.4, -0.2) is 23.1 Å². The average Bonchev–Trinajstić information content (AvgIpc) is 2.90. The van der Waals surface area contributed by atoms with E-state index < -0.39 is 5.54 Å². The molecule has 0 aromatic heterocycles. The standard InChI is InChI=1S/C15H14N2O2/c18-13-6-4-11(5-7-13)15(9-16-10-17-15)12-2-1-3-14(19)8-12/h1-8,10,18-19H,9H2,(H,16,17). The lowest BCUT2D eigenvalue weighted by molar-refractivity contribution is 0.465. The number of rotatable bonds is 2. The van der Waals surface area contributed by atoms with Crippen molar-refractivity contribution >= 4 is 6.34 Å². The Balaban J connectivity index is 2.12. The molecule has 3 rings (SSSR count). The average molecular weight is 254 g/mol. The summed E-state index contributed by atoms with van der Waals surface area (Å²) in [6.07, 6.45) is 1.68. The third kappa shape index (κ3) is 1.91. The number of phenols is 2. The Kier molecular flexibility index (Phi) is 2.63. The second kappa shape index (κ2) is 4.31. The van der Waals surface area contributed by atoms with Gasteiger partial charge in [0.25, 0.3) is 0 Å². The predicted molar refractivity (Wildman–Crippen MR) is 73.5 cm³/mol. The fourth-order valence-corrected chi connectivity index (χ4v) is 2.42. The van der Waals surface area contributed by atoms with Gasteiger partial charge in [-0.25, -0.2) is 0 Å². The van der Waals surface area contributed by atoms with E-state index >= 15 is 0 Å². The molecule has 1 unspecified atom stereocenters. The summed E-state index contributed by atoms with van der Waals surface area (Å²) in [5, 5.41) is 22.3. The number of aromatic hydroxyl groups is 2. The highest BCUT2D eigenvalue weighted by molar-refractivity contribution is 5.63. The number of phenolic OH excluding ortho intramolecular Hbond substituents is 2. The fraction of sp³-hybridized carbons (Fsp3) is 0.133. The summed E-state index contributed by atoms with van der Waals surface area (Å²) in [4.78, 5) is 4.26. The van der Waals surface area contributed by atoms with Crippen LogP contribution in [0.2, 0.25) is 0 Å². The summed E-state index contributed by atoms with van der Waals surface area (Å²) in [5.41, 5.74) is 1.45. The summed E-state index contributed by atoms with van der Waals surface area (Å²) in [6, 6.07) is 14.2. The summed E-state index contributed by atoms with van der Waals surface area (Å²) < 4.78 is 0. The van der Waals surface area contributed by atoms with Gasteiger partial charge in [0.2, 0.25) is 0 Å². The van der Waals surface area contributed by atoms with Crippen LogP contribution in [0.25, 0.3) is 0 Å². The van der Waals surface area contributed by atoms with Gasteiger partial charge >= 0.3 is 0 Å². The molecule has 0 saturated heterocycles. The normalized spacial score (nSPS) is 21.3. The summed E-state index contributed by atoms with van der Waals surface area (Å²) >= 11 is 0. The van der Waals surface area contributed by atoms with E-state index in [4.69, 9.17) is 0 Å². The van der Waals surface area contributed by atoms with Crippen LogP contribution >= 0.6 is 0 Å². The first-order valence-corrected chi connectivity index (χ1v) is 6.06. The second-order valence-corrected chi connectivity index (χ2v) is 4.62. The molecule has 96 valence electrons. The van der Waals surface area contributed by atoms with Crippen LogP contribution < -0.4 is 5.32 Å². The maximum atomic E-state index is 9.67. The van der Waals surface area contributed by atoms with Crippen molar-refractivity contribution in [3.63, 3.8) is 0 Å². The Hall–Kier alpha value is -2.49. The Bertz CT molecular complexity index is 612. The molecule has 3 N–H and O–H groups in total. The van der Waals surface area contributed by atoms with Gasteiger partial charge in [-0.2, -0.15) is 0 Å². The van der Waals surface area contributed by atoms with Crippen molar-refractivity contribution in [1.29, 1.82) is 0 Å².